The molecule has 1 atom stereocenters. The second kappa shape index (κ2) is 6.76. The van der Waals surface area contributed by atoms with Crippen molar-refractivity contribution >= 4 is 17.2 Å². The molecule has 0 bridgehead atoms. The average Bonchev–Trinajstić information content (AvgIpc) is 3.05. The van der Waals surface area contributed by atoms with Crippen LogP contribution < -0.4 is 5.32 Å². The largest absolute Gasteiger partial charge is 0.434 e. The minimum absolute atomic E-state index is 0.0528. The van der Waals surface area contributed by atoms with Gasteiger partial charge in [0.15, 0.2) is 5.69 Å². The lowest BCUT2D eigenvalue weighted by atomic mass is 9.93. The Morgan fingerprint density at radius 3 is 2.70 bits per heavy atom. The number of thiazole rings is 1. The first-order chi connectivity index (χ1) is 10.9. The van der Waals surface area contributed by atoms with Gasteiger partial charge in [0.05, 0.1) is 5.01 Å². The topological polar surface area (TPSA) is 45.2 Å². The van der Waals surface area contributed by atoms with Gasteiger partial charge in [0.2, 0.25) is 5.91 Å². The Hall–Kier alpha value is -1.15. The van der Waals surface area contributed by atoms with Crippen LogP contribution in [0.25, 0.3) is 0 Å². The molecule has 2 aliphatic rings. The van der Waals surface area contributed by atoms with Crippen LogP contribution in [0.15, 0.2) is 5.38 Å². The van der Waals surface area contributed by atoms with Crippen LogP contribution in [0.2, 0.25) is 0 Å². The minimum atomic E-state index is -4.39. The van der Waals surface area contributed by atoms with Crippen molar-refractivity contribution in [1.29, 1.82) is 0 Å². The fourth-order valence-electron chi connectivity index (χ4n) is 3.31. The average molecular weight is 347 g/mol. The lowest BCUT2D eigenvalue weighted by molar-refractivity contribution is -0.141. The first kappa shape index (κ1) is 16.7. The summed E-state index contributed by atoms with van der Waals surface area (Å²) in [4.78, 5) is 18.2. The van der Waals surface area contributed by atoms with Gasteiger partial charge in [-0.15, -0.1) is 11.3 Å². The summed E-state index contributed by atoms with van der Waals surface area (Å²) in [6.45, 7) is 2.91. The van der Waals surface area contributed by atoms with Crippen molar-refractivity contribution in [3.8, 4) is 0 Å². The standard InChI is InChI=1S/C15H20F3N3OS/c16-15(17,18)12-9-23-13(20-12)11-2-1-7-21(8-11)14(22)10-3-5-19-6-4-10/h9-11,19H,1-8H2. The molecule has 0 aliphatic carbocycles. The molecule has 23 heavy (non-hydrogen) atoms. The van der Waals surface area contributed by atoms with E-state index in [9.17, 15) is 18.0 Å². The van der Waals surface area contributed by atoms with E-state index in [2.05, 4.69) is 10.3 Å². The highest BCUT2D eigenvalue weighted by atomic mass is 32.1. The molecule has 0 spiro atoms. The number of halogens is 3. The highest BCUT2D eigenvalue weighted by Gasteiger charge is 2.36. The van der Waals surface area contributed by atoms with Crippen molar-refractivity contribution in [3.05, 3.63) is 16.1 Å². The van der Waals surface area contributed by atoms with E-state index in [0.29, 0.717) is 18.1 Å². The normalized spacial score (nSPS) is 24.0. The third-order valence-electron chi connectivity index (χ3n) is 4.58. The smallest absolute Gasteiger partial charge is 0.342 e. The molecule has 2 saturated heterocycles. The van der Waals surface area contributed by atoms with E-state index in [1.807, 2.05) is 4.90 Å². The maximum Gasteiger partial charge on any atom is 0.434 e. The van der Waals surface area contributed by atoms with E-state index < -0.39 is 11.9 Å². The molecule has 0 aromatic carbocycles. The zero-order chi connectivity index (χ0) is 16.4. The number of hydrogen-bond acceptors (Lipinski definition) is 4. The third-order valence-corrected chi connectivity index (χ3v) is 5.59. The second-order valence-electron chi connectivity index (χ2n) is 6.22. The maximum atomic E-state index is 12.7. The summed E-state index contributed by atoms with van der Waals surface area (Å²) in [5.74, 6) is 0.136. The Kier molecular flexibility index (Phi) is 4.91. The highest BCUT2D eigenvalue weighted by molar-refractivity contribution is 7.09. The van der Waals surface area contributed by atoms with E-state index in [-0.39, 0.29) is 17.7 Å². The summed E-state index contributed by atoms with van der Waals surface area (Å²) in [6.07, 6.45) is -1.10. The fourth-order valence-corrected chi connectivity index (χ4v) is 4.27. The molecular weight excluding hydrogens is 327 g/mol. The summed E-state index contributed by atoms with van der Waals surface area (Å²) in [7, 11) is 0. The first-order valence-corrected chi connectivity index (χ1v) is 8.85. The number of hydrogen-bond donors (Lipinski definition) is 1. The van der Waals surface area contributed by atoms with Crippen LogP contribution >= 0.6 is 11.3 Å². The van der Waals surface area contributed by atoms with E-state index in [1.165, 1.54) is 0 Å². The highest BCUT2D eigenvalue weighted by Crippen LogP contribution is 2.35. The SMILES string of the molecule is O=C(C1CCNCC1)N1CCCC(c2nc(C(F)(F)F)cs2)C1. The molecule has 3 heterocycles. The Balaban J connectivity index is 1.66. The Bertz CT molecular complexity index is 554. The first-order valence-electron chi connectivity index (χ1n) is 7.97. The predicted molar refractivity (Wildman–Crippen MR) is 81.3 cm³/mol. The van der Waals surface area contributed by atoms with Crippen LogP contribution in [0, 0.1) is 5.92 Å². The number of amides is 1. The monoisotopic (exact) mass is 347 g/mol. The number of alkyl halides is 3. The lowest BCUT2D eigenvalue weighted by Crippen LogP contribution is -2.45. The summed E-state index contributed by atoms with van der Waals surface area (Å²) in [5.41, 5.74) is -0.820. The van der Waals surface area contributed by atoms with Gasteiger partial charge in [-0.25, -0.2) is 4.98 Å². The van der Waals surface area contributed by atoms with E-state index >= 15 is 0 Å². The van der Waals surface area contributed by atoms with Crippen LogP contribution in [0.5, 0.6) is 0 Å². The maximum absolute atomic E-state index is 12.7. The van der Waals surface area contributed by atoms with Crippen molar-refractivity contribution in [1.82, 2.24) is 15.2 Å². The van der Waals surface area contributed by atoms with E-state index in [1.54, 1.807) is 0 Å². The van der Waals surface area contributed by atoms with Gasteiger partial charge in [0.1, 0.15) is 0 Å². The molecular formula is C15H20F3N3OS. The van der Waals surface area contributed by atoms with Gasteiger partial charge in [-0.05, 0) is 38.8 Å². The molecule has 1 unspecified atom stereocenters. The summed E-state index contributed by atoms with van der Waals surface area (Å²) in [5, 5.41) is 4.81. The number of nitrogens with zero attached hydrogens (tertiary/aromatic N) is 2. The molecule has 3 rings (SSSR count). The van der Waals surface area contributed by atoms with Crippen LogP contribution in [-0.2, 0) is 11.0 Å². The Morgan fingerprint density at radius 1 is 1.30 bits per heavy atom. The number of aromatic nitrogens is 1. The third kappa shape index (κ3) is 3.85. The van der Waals surface area contributed by atoms with Gasteiger partial charge in [0, 0.05) is 30.3 Å². The van der Waals surface area contributed by atoms with Gasteiger partial charge in [-0.2, -0.15) is 13.2 Å². The molecule has 0 saturated carbocycles. The van der Waals surface area contributed by atoms with Gasteiger partial charge in [0.25, 0.3) is 0 Å². The minimum Gasteiger partial charge on any atom is -0.342 e. The van der Waals surface area contributed by atoms with Crippen molar-refractivity contribution < 1.29 is 18.0 Å². The Morgan fingerprint density at radius 2 is 2.04 bits per heavy atom. The molecule has 1 aromatic rings. The van der Waals surface area contributed by atoms with Crippen LogP contribution in [0.3, 0.4) is 0 Å². The molecule has 1 aromatic heterocycles. The van der Waals surface area contributed by atoms with Gasteiger partial charge >= 0.3 is 6.18 Å². The van der Waals surface area contributed by atoms with E-state index in [4.69, 9.17) is 0 Å². The van der Waals surface area contributed by atoms with Crippen molar-refractivity contribution in [3.63, 3.8) is 0 Å². The van der Waals surface area contributed by atoms with Crippen molar-refractivity contribution in [2.24, 2.45) is 5.92 Å². The van der Waals surface area contributed by atoms with Gasteiger partial charge < -0.3 is 10.2 Å². The van der Waals surface area contributed by atoms with Gasteiger partial charge in [-0.3, -0.25) is 4.79 Å². The van der Waals surface area contributed by atoms with Crippen molar-refractivity contribution in [2.45, 2.75) is 37.8 Å². The molecule has 2 aliphatic heterocycles. The molecule has 128 valence electrons. The van der Waals surface area contributed by atoms with Crippen LogP contribution in [0.4, 0.5) is 13.2 Å². The summed E-state index contributed by atoms with van der Waals surface area (Å²) >= 11 is 1.05. The summed E-state index contributed by atoms with van der Waals surface area (Å²) < 4.78 is 38.1. The number of piperidine rings is 2. The number of likely N-dealkylation sites (tertiary alicyclic amines) is 1. The van der Waals surface area contributed by atoms with Crippen LogP contribution in [-0.4, -0.2) is 42.0 Å². The zero-order valence-corrected chi connectivity index (χ0v) is 13.6. The molecule has 4 nitrogen and oxygen atoms in total. The lowest BCUT2D eigenvalue weighted by Gasteiger charge is -2.35. The molecule has 0 radical (unpaired) electrons. The molecule has 1 N–H and O–H groups in total. The molecule has 2 fully saturated rings. The van der Waals surface area contributed by atoms with E-state index in [0.717, 1.165) is 55.5 Å². The molecule has 1 amide bonds. The zero-order valence-electron chi connectivity index (χ0n) is 12.7. The van der Waals surface area contributed by atoms with Gasteiger partial charge in [-0.1, -0.05) is 0 Å². The predicted octanol–water partition coefficient (Wildman–Crippen LogP) is 2.87. The fraction of sp³-hybridized carbons (Fsp3) is 0.733. The number of carbonyl (C=O) groups excluding carboxylic acids is 1. The van der Waals surface area contributed by atoms with Crippen molar-refractivity contribution in [2.75, 3.05) is 26.2 Å². The second-order valence-corrected chi connectivity index (χ2v) is 7.11. The van der Waals surface area contributed by atoms with Crippen LogP contribution in [0.1, 0.15) is 42.3 Å². The summed E-state index contributed by atoms with van der Waals surface area (Å²) in [6, 6.07) is 0. The number of nitrogens with one attached hydrogen (secondary N) is 1. The number of rotatable bonds is 2. The molecule has 8 heteroatoms. The Labute approximate surface area is 137 Å². The quantitative estimate of drug-likeness (QED) is 0.895. The number of carbonyl (C=O) groups is 1.